The highest BCUT2D eigenvalue weighted by Crippen LogP contribution is 2.14. The molecule has 1 unspecified atom stereocenters. The van der Waals surface area contributed by atoms with Crippen molar-refractivity contribution in [2.45, 2.75) is 17.9 Å². The Bertz CT molecular complexity index is 858. The van der Waals surface area contributed by atoms with Crippen molar-refractivity contribution in [3.63, 3.8) is 0 Å². The summed E-state index contributed by atoms with van der Waals surface area (Å²) in [5, 5.41) is 2.81. The number of benzene rings is 1. The Hall–Kier alpha value is -2.69. The minimum atomic E-state index is -3.74. The van der Waals surface area contributed by atoms with E-state index < -0.39 is 10.0 Å². The lowest BCUT2D eigenvalue weighted by Gasteiger charge is -2.14. The Labute approximate surface area is 141 Å². The van der Waals surface area contributed by atoms with E-state index in [2.05, 4.69) is 20.9 Å². The van der Waals surface area contributed by atoms with Crippen molar-refractivity contribution in [3.05, 3.63) is 59.9 Å². The maximum atomic E-state index is 12.3. The summed E-state index contributed by atoms with van der Waals surface area (Å²) in [6.45, 7) is 1.71. The van der Waals surface area contributed by atoms with E-state index in [0.717, 1.165) is 5.56 Å². The third-order valence-electron chi connectivity index (χ3n) is 3.30. The van der Waals surface area contributed by atoms with Crippen LogP contribution in [-0.4, -0.2) is 25.9 Å². The van der Waals surface area contributed by atoms with E-state index in [1.165, 1.54) is 18.2 Å². The van der Waals surface area contributed by atoms with Crippen LogP contribution in [0.3, 0.4) is 0 Å². The van der Waals surface area contributed by atoms with Crippen LogP contribution >= 0.6 is 0 Å². The molecule has 124 valence electrons. The van der Waals surface area contributed by atoms with Gasteiger partial charge < -0.3 is 5.32 Å². The van der Waals surface area contributed by atoms with E-state index in [9.17, 15) is 13.2 Å². The molecule has 0 radical (unpaired) electrons. The molecule has 2 rings (SSSR count). The second-order valence-electron chi connectivity index (χ2n) is 5.04. The molecule has 0 saturated carbocycles. The van der Waals surface area contributed by atoms with Gasteiger partial charge in [0.05, 0.1) is 17.5 Å². The number of nitrogens with zero attached hydrogens (tertiary/aromatic N) is 1. The van der Waals surface area contributed by atoms with E-state index in [1.54, 1.807) is 24.5 Å². The van der Waals surface area contributed by atoms with E-state index >= 15 is 0 Å². The fourth-order valence-electron chi connectivity index (χ4n) is 2.02. The van der Waals surface area contributed by atoms with E-state index in [4.69, 9.17) is 6.42 Å². The molecule has 7 heteroatoms. The van der Waals surface area contributed by atoms with Crippen LogP contribution in [0.4, 0.5) is 0 Å². The van der Waals surface area contributed by atoms with Crippen LogP contribution in [0.1, 0.15) is 28.9 Å². The van der Waals surface area contributed by atoms with Crippen LogP contribution in [0, 0.1) is 12.3 Å². The first-order valence-electron chi connectivity index (χ1n) is 7.18. The number of amides is 1. The molecular formula is C17H17N3O3S. The smallest absolute Gasteiger partial charge is 0.251 e. The van der Waals surface area contributed by atoms with Gasteiger partial charge in [-0.25, -0.2) is 8.42 Å². The minimum Gasteiger partial charge on any atom is -0.345 e. The van der Waals surface area contributed by atoms with Gasteiger partial charge in [-0.2, -0.15) is 4.72 Å². The summed E-state index contributed by atoms with van der Waals surface area (Å²) in [6, 6.07) is 9.14. The number of terminal acetylenes is 1. The fourth-order valence-corrected chi connectivity index (χ4v) is 3.00. The first-order valence-corrected chi connectivity index (χ1v) is 8.66. The van der Waals surface area contributed by atoms with Gasteiger partial charge in [-0.1, -0.05) is 18.1 Å². The number of aromatic nitrogens is 1. The van der Waals surface area contributed by atoms with Crippen molar-refractivity contribution >= 4 is 15.9 Å². The maximum Gasteiger partial charge on any atom is 0.251 e. The number of rotatable bonds is 6. The monoisotopic (exact) mass is 343 g/mol. The lowest BCUT2D eigenvalue weighted by Crippen LogP contribution is -2.27. The second kappa shape index (κ2) is 7.73. The van der Waals surface area contributed by atoms with Gasteiger partial charge in [-0.05, 0) is 36.8 Å². The van der Waals surface area contributed by atoms with E-state index in [-0.39, 0.29) is 29.0 Å². The van der Waals surface area contributed by atoms with Crippen LogP contribution in [0.15, 0.2) is 53.7 Å². The van der Waals surface area contributed by atoms with Gasteiger partial charge in [0.25, 0.3) is 5.91 Å². The van der Waals surface area contributed by atoms with E-state index in [1.807, 2.05) is 13.0 Å². The lowest BCUT2D eigenvalue weighted by molar-refractivity contribution is 0.0939. The van der Waals surface area contributed by atoms with Gasteiger partial charge in [-0.15, -0.1) is 6.42 Å². The van der Waals surface area contributed by atoms with Crippen LogP contribution < -0.4 is 10.0 Å². The first kappa shape index (κ1) is 17.7. The van der Waals surface area contributed by atoms with Crippen molar-refractivity contribution in [1.82, 2.24) is 15.0 Å². The lowest BCUT2D eigenvalue weighted by atomic mass is 10.1. The molecule has 1 amide bonds. The SMILES string of the molecule is C#CCNS(=O)(=O)c1cccc(C(=O)NC(C)c2cccnc2)c1. The molecule has 0 aliphatic carbocycles. The molecule has 2 N–H and O–H groups in total. The minimum absolute atomic E-state index is 0.0144. The van der Waals surface area contributed by atoms with Crippen LogP contribution in [0.2, 0.25) is 0 Å². The number of carbonyl (C=O) groups is 1. The first-order chi connectivity index (χ1) is 11.4. The average molecular weight is 343 g/mol. The predicted octanol–water partition coefficient (Wildman–Crippen LogP) is 1.48. The number of carbonyl (C=O) groups excluding carboxylic acids is 1. The molecule has 1 heterocycles. The zero-order valence-corrected chi connectivity index (χ0v) is 13.9. The largest absolute Gasteiger partial charge is 0.345 e. The summed E-state index contributed by atoms with van der Waals surface area (Å²) in [4.78, 5) is 16.3. The van der Waals surface area contributed by atoms with Crippen molar-refractivity contribution in [1.29, 1.82) is 0 Å². The third kappa shape index (κ3) is 4.41. The Morgan fingerprint density at radius 2 is 2.12 bits per heavy atom. The van der Waals surface area contributed by atoms with Gasteiger partial charge in [0, 0.05) is 18.0 Å². The zero-order chi connectivity index (χ0) is 17.6. The molecule has 1 aromatic carbocycles. The molecular weight excluding hydrogens is 326 g/mol. The summed E-state index contributed by atoms with van der Waals surface area (Å²) in [7, 11) is -3.74. The molecule has 0 saturated heterocycles. The molecule has 0 aliphatic rings. The number of sulfonamides is 1. The summed E-state index contributed by atoms with van der Waals surface area (Å²) in [6.07, 6.45) is 8.37. The Balaban J connectivity index is 2.16. The molecule has 24 heavy (non-hydrogen) atoms. The number of hydrogen-bond acceptors (Lipinski definition) is 4. The van der Waals surface area contributed by atoms with Crippen molar-refractivity contribution in [2.75, 3.05) is 6.54 Å². The summed E-state index contributed by atoms with van der Waals surface area (Å²) in [5.74, 6) is 1.83. The normalized spacial score (nSPS) is 12.2. The van der Waals surface area contributed by atoms with Gasteiger partial charge in [0.1, 0.15) is 0 Å². The highest BCUT2D eigenvalue weighted by Gasteiger charge is 2.17. The van der Waals surface area contributed by atoms with Crippen LogP contribution in [-0.2, 0) is 10.0 Å². The summed E-state index contributed by atoms with van der Waals surface area (Å²) < 4.78 is 26.4. The molecule has 0 fully saturated rings. The van der Waals surface area contributed by atoms with Crippen LogP contribution in [0.5, 0.6) is 0 Å². The predicted molar refractivity (Wildman–Crippen MR) is 90.6 cm³/mol. The molecule has 0 aliphatic heterocycles. The van der Waals surface area contributed by atoms with E-state index in [0.29, 0.717) is 0 Å². The maximum absolute atomic E-state index is 12.3. The fraction of sp³-hybridized carbons (Fsp3) is 0.176. The molecule has 1 atom stereocenters. The molecule has 2 aromatic rings. The third-order valence-corrected chi connectivity index (χ3v) is 4.70. The molecule has 0 bridgehead atoms. The standard InChI is InChI=1S/C17H17N3O3S/c1-3-9-19-24(22,23)16-8-4-6-14(11-16)17(21)20-13(2)15-7-5-10-18-12-15/h1,4-8,10-13,19H,9H2,2H3,(H,20,21). The zero-order valence-electron chi connectivity index (χ0n) is 13.1. The average Bonchev–Trinajstić information content (AvgIpc) is 2.61. The van der Waals surface area contributed by atoms with Gasteiger partial charge in [-0.3, -0.25) is 9.78 Å². The van der Waals surface area contributed by atoms with Crippen LogP contribution in [0.25, 0.3) is 0 Å². The highest BCUT2D eigenvalue weighted by molar-refractivity contribution is 7.89. The summed E-state index contributed by atoms with van der Waals surface area (Å²) in [5.41, 5.74) is 1.10. The second-order valence-corrected chi connectivity index (χ2v) is 6.80. The number of hydrogen-bond donors (Lipinski definition) is 2. The quantitative estimate of drug-likeness (QED) is 0.778. The topological polar surface area (TPSA) is 88.2 Å². The van der Waals surface area contributed by atoms with Crippen molar-refractivity contribution in [3.8, 4) is 12.3 Å². The number of nitrogens with one attached hydrogen (secondary N) is 2. The van der Waals surface area contributed by atoms with Gasteiger partial charge in [0.15, 0.2) is 0 Å². The highest BCUT2D eigenvalue weighted by atomic mass is 32.2. The molecule has 6 nitrogen and oxygen atoms in total. The summed E-state index contributed by atoms with van der Waals surface area (Å²) >= 11 is 0. The molecule has 0 spiro atoms. The Morgan fingerprint density at radius 1 is 1.33 bits per heavy atom. The van der Waals surface area contributed by atoms with Gasteiger partial charge >= 0.3 is 0 Å². The Morgan fingerprint density at radius 3 is 2.79 bits per heavy atom. The van der Waals surface area contributed by atoms with Gasteiger partial charge in [0.2, 0.25) is 10.0 Å². The van der Waals surface area contributed by atoms with Crippen molar-refractivity contribution in [2.24, 2.45) is 0 Å². The van der Waals surface area contributed by atoms with Crippen molar-refractivity contribution < 1.29 is 13.2 Å². The molecule has 1 aromatic heterocycles. The number of pyridine rings is 1. The Kier molecular flexibility index (Phi) is 5.68.